The Morgan fingerprint density at radius 3 is 2.76 bits per heavy atom. The van der Waals surface area contributed by atoms with E-state index in [4.69, 9.17) is 28.3 Å². The second kappa shape index (κ2) is 7.13. The molecule has 1 aromatic rings. The summed E-state index contributed by atoms with van der Waals surface area (Å²) in [5.41, 5.74) is 0. The second-order valence-corrected chi connectivity index (χ2v) is 3.95. The highest BCUT2D eigenvalue weighted by Gasteiger charge is 2.03. The predicted molar refractivity (Wildman–Crippen MR) is 65.8 cm³/mol. The number of carboxylic acid groups (broad SMARTS) is 1. The van der Waals surface area contributed by atoms with E-state index in [1.54, 1.807) is 0 Å². The molecule has 0 bridgehead atoms. The predicted octanol–water partition coefficient (Wildman–Crippen LogP) is 2.24. The highest BCUT2D eigenvalue weighted by Crippen LogP contribution is 2.19. The van der Waals surface area contributed by atoms with Gasteiger partial charge in [0.2, 0.25) is 5.28 Å². The lowest BCUT2D eigenvalue weighted by atomic mass is 10.3. The number of rotatable bonds is 6. The summed E-state index contributed by atoms with van der Waals surface area (Å²) in [6, 6.07) is 0. The van der Waals surface area contributed by atoms with Crippen LogP contribution >= 0.6 is 23.2 Å². The second-order valence-electron chi connectivity index (χ2n) is 3.20. The first-order valence-corrected chi connectivity index (χ1v) is 5.74. The van der Waals surface area contributed by atoms with Crippen LogP contribution in [0, 0.1) is 0 Å². The monoisotopic (exact) mass is 278 g/mol. The summed E-state index contributed by atoms with van der Waals surface area (Å²) in [6.07, 6.45) is 1.93. The number of unbranched alkanes of at least 4 members (excludes halogenated alkanes) is 1. The molecule has 1 amide bonds. The van der Waals surface area contributed by atoms with Crippen molar-refractivity contribution >= 4 is 35.1 Å². The number of hydrogen-bond donors (Lipinski definition) is 3. The SMILES string of the molecule is O=C(O)NCCCCNc1nc(Cl)ncc1Cl. The Labute approximate surface area is 108 Å². The molecule has 0 unspecified atom stereocenters. The van der Waals surface area contributed by atoms with E-state index in [1.165, 1.54) is 6.20 Å². The molecule has 0 radical (unpaired) electrons. The number of halogens is 2. The summed E-state index contributed by atoms with van der Waals surface area (Å²) in [5, 5.41) is 14.1. The topological polar surface area (TPSA) is 87.1 Å². The third-order valence-electron chi connectivity index (χ3n) is 1.89. The summed E-state index contributed by atoms with van der Waals surface area (Å²) >= 11 is 11.5. The van der Waals surface area contributed by atoms with Crippen LogP contribution in [-0.2, 0) is 0 Å². The third-order valence-corrected chi connectivity index (χ3v) is 2.35. The summed E-state index contributed by atoms with van der Waals surface area (Å²) in [6.45, 7) is 1.06. The average Bonchev–Trinajstić information content (AvgIpc) is 2.27. The summed E-state index contributed by atoms with van der Waals surface area (Å²) in [4.78, 5) is 17.8. The van der Waals surface area contributed by atoms with Gasteiger partial charge in [0, 0.05) is 13.1 Å². The maximum absolute atomic E-state index is 10.2. The van der Waals surface area contributed by atoms with Crippen LogP contribution in [0.3, 0.4) is 0 Å². The van der Waals surface area contributed by atoms with Gasteiger partial charge in [-0.15, -0.1) is 0 Å². The fourth-order valence-corrected chi connectivity index (χ4v) is 1.41. The summed E-state index contributed by atoms with van der Waals surface area (Å²) in [7, 11) is 0. The number of amides is 1. The molecular formula is C9H12Cl2N4O2. The van der Waals surface area contributed by atoms with Crippen LogP contribution in [0.5, 0.6) is 0 Å². The van der Waals surface area contributed by atoms with Gasteiger partial charge in [0.25, 0.3) is 0 Å². The van der Waals surface area contributed by atoms with Gasteiger partial charge in [0.1, 0.15) is 10.8 Å². The van der Waals surface area contributed by atoms with Crippen molar-refractivity contribution in [1.29, 1.82) is 0 Å². The van der Waals surface area contributed by atoms with E-state index in [9.17, 15) is 4.79 Å². The lowest BCUT2D eigenvalue weighted by Crippen LogP contribution is -2.22. The molecule has 0 saturated heterocycles. The van der Waals surface area contributed by atoms with E-state index in [0.29, 0.717) is 23.9 Å². The van der Waals surface area contributed by atoms with Crippen molar-refractivity contribution in [3.05, 3.63) is 16.5 Å². The lowest BCUT2D eigenvalue weighted by molar-refractivity contribution is 0.194. The molecule has 6 nitrogen and oxygen atoms in total. The molecule has 3 N–H and O–H groups in total. The molecule has 0 saturated carbocycles. The van der Waals surface area contributed by atoms with Crippen molar-refractivity contribution in [2.24, 2.45) is 0 Å². The molecule has 94 valence electrons. The fourth-order valence-electron chi connectivity index (χ4n) is 1.12. The largest absolute Gasteiger partial charge is 0.465 e. The van der Waals surface area contributed by atoms with E-state index in [0.717, 1.165) is 12.8 Å². The Kier molecular flexibility index (Phi) is 5.79. The van der Waals surface area contributed by atoms with Crippen molar-refractivity contribution in [3.63, 3.8) is 0 Å². The van der Waals surface area contributed by atoms with Crippen molar-refractivity contribution in [2.75, 3.05) is 18.4 Å². The quantitative estimate of drug-likeness (QED) is 0.549. The molecule has 1 aromatic heterocycles. The van der Waals surface area contributed by atoms with Gasteiger partial charge in [-0.1, -0.05) is 11.6 Å². The van der Waals surface area contributed by atoms with E-state index < -0.39 is 6.09 Å². The zero-order valence-corrected chi connectivity index (χ0v) is 10.4. The number of hydrogen-bond acceptors (Lipinski definition) is 4. The summed E-state index contributed by atoms with van der Waals surface area (Å²) in [5.74, 6) is 0.484. The maximum atomic E-state index is 10.2. The van der Waals surface area contributed by atoms with Crippen LogP contribution in [0.15, 0.2) is 6.20 Å². The molecule has 0 aliphatic rings. The molecule has 8 heteroatoms. The van der Waals surface area contributed by atoms with Crippen LogP contribution in [0.25, 0.3) is 0 Å². The van der Waals surface area contributed by atoms with Gasteiger partial charge >= 0.3 is 6.09 Å². The molecule has 0 atom stereocenters. The zero-order chi connectivity index (χ0) is 12.7. The highest BCUT2D eigenvalue weighted by molar-refractivity contribution is 6.33. The molecular weight excluding hydrogens is 267 g/mol. The molecule has 17 heavy (non-hydrogen) atoms. The van der Waals surface area contributed by atoms with Gasteiger partial charge < -0.3 is 15.7 Å². The Morgan fingerprint density at radius 1 is 1.35 bits per heavy atom. The molecule has 0 aliphatic carbocycles. The summed E-state index contributed by atoms with van der Waals surface area (Å²) < 4.78 is 0. The van der Waals surface area contributed by atoms with Crippen molar-refractivity contribution in [3.8, 4) is 0 Å². The van der Waals surface area contributed by atoms with E-state index in [2.05, 4.69) is 20.6 Å². The smallest absolute Gasteiger partial charge is 0.404 e. The van der Waals surface area contributed by atoms with E-state index >= 15 is 0 Å². The van der Waals surface area contributed by atoms with E-state index in [-0.39, 0.29) is 5.28 Å². The van der Waals surface area contributed by atoms with Gasteiger partial charge in [-0.2, -0.15) is 4.98 Å². The number of nitrogens with zero attached hydrogens (tertiary/aromatic N) is 2. The molecule has 1 rings (SSSR count). The Balaban J connectivity index is 2.22. The van der Waals surface area contributed by atoms with Crippen molar-refractivity contribution < 1.29 is 9.90 Å². The van der Waals surface area contributed by atoms with Crippen LogP contribution < -0.4 is 10.6 Å². The number of nitrogens with one attached hydrogen (secondary N) is 2. The number of anilines is 1. The first-order chi connectivity index (χ1) is 8.09. The minimum atomic E-state index is -1.01. The molecule has 0 aromatic carbocycles. The van der Waals surface area contributed by atoms with Gasteiger partial charge in [-0.05, 0) is 24.4 Å². The Bertz CT molecular complexity index is 389. The van der Waals surface area contributed by atoms with Crippen molar-refractivity contribution in [1.82, 2.24) is 15.3 Å². The van der Waals surface area contributed by atoms with Crippen LogP contribution in [0.4, 0.5) is 10.6 Å². The number of aromatic nitrogens is 2. The van der Waals surface area contributed by atoms with Gasteiger partial charge in [0.05, 0.1) is 6.20 Å². The lowest BCUT2D eigenvalue weighted by Gasteiger charge is -2.07. The van der Waals surface area contributed by atoms with Crippen molar-refractivity contribution in [2.45, 2.75) is 12.8 Å². The minimum absolute atomic E-state index is 0.129. The highest BCUT2D eigenvalue weighted by atomic mass is 35.5. The first-order valence-electron chi connectivity index (χ1n) is 4.98. The first kappa shape index (κ1) is 13.8. The molecule has 0 aliphatic heterocycles. The van der Waals surface area contributed by atoms with Crippen LogP contribution in [0.2, 0.25) is 10.3 Å². The third kappa shape index (κ3) is 5.55. The Hall–Kier alpha value is -1.27. The maximum Gasteiger partial charge on any atom is 0.404 e. The van der Waals surface area contributed by atoms with Crippen LogP contribution in [-0.4, -0.2) is 34.3 Å². The van der Waals surface area contributed by atoms with Gasteiger partial charge in [0.15, 0.2) is 0 Å². The normalized spacial score (nSPS) is 10.0. The molecule has 0 spiro atoms. The fraction of sp³-hybridized carbons (Fsp3) is 0.444. The minimum Gasteiger partial charge on any atom is -0.465 e. The van der Waals surface area contributed by atoms with E-state index in [1.807, 2.05) is 0 Å². The van der Waals surface area contributed by atoms with Gasteiger partial charge in [-0.25, -0.2) is 9.78 Å². The number of carbonyl (C=O) groups is 1. The zero-order valence-electron chi connectivity index (χ0n) is 8.91. The molecule has 1 heterocycles. The Morgan fingerprint density at radius 2 is 2.06 bits per heavy atom. The average molecular weight is 279 g/mol. The standard InChI is InChI=1S/C9H12Cl2N4O2/c10-6-5-14-8(11)15-7(6)12-3-1-2-4-13-9(16)17/h5,13H,1-4H2,(H,16,17)(H,12,14,15). The molecule has 0 fully saturated rings. The van der Waals surface area contributed by atoms with Crippen LogP contribution in [0.1, 0.15) is 12.8 Å². The van der Waals surface area contributed by atoms with Gasteiger partial charge in [-0.3, -0.25) is 0 Å².